The lowest BCUT2D eigenvalue weighted by molar-refractivity contribution is -0.176. The number of halogens is 3. The number of thiazole rings is 1. The molecule has 0 saturated carbocycles. The molecule has 0 radical (unpaired) electrons. The molecule has 0 atom stereocenters. The maximum absolute atomic E-state index is 12.5. The van der Waals surface area contributed by atoms with Gasteiger partial charge < -0.3 is 19.7 Å². The lowest BCUT2D eigenvalue weighted by atomic mass is 10.1. The molecule has 6 nitrogen and oxygen atoms in total. The normalized spacial score (nSPS) is 14.7. The minimum atomic E-state index is -4.36. The van der Waals surface area contributed by atoms with Crippen LogP contribution < -0.4 is 10.2 Å². The third-order valence-corrected chi connectivity index (χ3v) is 5.75. The number of carbonyl (C=O) groups excluding carboxylic acids is 1. The van der Waals surface area contributed by atoms with Crippen molar-refractivity contribution in [3.05, 3.63) is 53.6 Å². The quantitative estimate of drug-likeness (QED) is 0.600. The Labute approximate surface area is 180 Å². The van der Waals surface area contributed by atoms with E-state index in [-0.39, 0.29) is 12.5 Å². The third kappa shape index (κ3) is 5.72. The molecular formula is C21H20F3N3O3S. The van der Waals surface area contributed by atoms with E-state index in [1.807, 2.05) is 12.1 Å². The zero-order valence-corrected chi connectivity index (χ0v) is 17.3. The topological polar surface area (TPSA) is 63.7 Å². The first-order valence-electron chi connectivity index (χ1n) is 9.65. The summed E-state index contributed by atoms with van der Waals surface area (Å²) in [5.74, 6) is -0.306. The average molecular weight is 451 g/mol. The van der Waals surface area contributed by atoms with Gasteiger partial charge in [0.1, 0.15) is 6.61 Å². The van der Waals surface area contributed by atoms with Crippen molar-refractivity contribution in [3.63, 3.8) is 0 Å². The number of carbonyl (C=O) groups is 1. The maximum Gasteiger partial charge on any atom is 0.411 e. The molecule has 1 amide bonds. The van der Waals surface area contributed by atoms with Gasteiger partial charge in [-0.1, -0.05) is 23.5 Å². The van der Waals surface area contributed by atoms with Crippen molar-refractivity contribution in [1.29, 1.82) is 0 Å². The van der Waals surface area contributed by atoms with Crippen LogP contribution in [0, 0.1) is 0 Å². The van der Waals surface area contributed by atoms with E-state index in [0.717, 1.165) is 28.4 Å². The fraction of sp³-hybridized carbons (Fsp3) is 0.333. The van der Waals surface area contributed by atoms with E-state index in [4.69, 9.17) is 4.74 Å². The monoisotopic (exact) mass is 451 g/mol. The van der Waals surface area contributed by atoms with Crippen LogP contribution in [0.3, 0.4) is 0 Å². The van der Waals surface area contributed by atoms with E-state index < -0.39 is 12.8 Å². The summed E-state index contributed by atoms with van der Waals surface area (Å²) in [6.07, 6.45) is -4.36. The molecule has 3 aromatic rings. The fourth-order valence-corrected chi connectivity index (χ4v) is 4.18. The molecule has 31 heavy (non-hydrogen) atoms. The number of hydrogen-bond donors (Lipinski definition) is 1. The van der Waals surface area contributed by atoms with Crippen LogP contribution in [0.25, 0.3) is 10.2 Å². The minimum absolute atomic E-state index is 0.172. The molecule has 0 bridgehead atoms. The second-order valence-electron chi connectivity index (χ2n) is 7.04. The number of morpholine rings is 1. The largest absolute Gasteiger partial charge is 0.411 e. The molecule has 10 heteroatoms. The molecular weight excluding hydrogens is 431 g/mol. The van der Waals surface area contributed by atoms with Crippen LogP contribution in [0.1, 0.15) is 15.9 Å². The Balaban J connectivity index is 1.38. The molecule has 1 fully saturated rings. The van der Waals surface area contributed by atoms with E-state index in [9.17, 15) is 18.0 Å². The predicted octanol–water partition coefficient (Wildman–Crippen LogP) is 4.46. The van der Waals surface area contributed by atoms with Gasteiger partial charge in [-0.05, 0) is 35.9 Å². The van der Waals surface area contributed by atoms with E-state index in [1.54, 1.807) is 41.7 Å². The van der Waals surface area contributed by atoms with Gasteiger partial charge in [0.2, 0.25) is 0 Å². The number of amides is 1. The fourth-order valence-electron chi connectivity index (χ4n) is 3.12. The van der Waals surface area contributed by atoms with Gasteiger partial charge in [-0.2, -0.15) is 13.2 Å². The van der Waals surface area contributed by atoms with E-state index in [2.05, 4.69) is 19.9 Å². The number of aromatic nitrogens is 1. The number of benzene rings is 2. The van der Waals surface area contributed by atoms with E-state index >= 15 is 0 Å². The van der Waals surface area contributed by atoms with Gasteiger partial charge in [0.15, 0.2) is 5.13 Å². The molecule has 1 aromatic heterocycles. The summed E-state index contributed by atoms with van der Waals surface area (Å²) in [6.45, 7) is 1.51. The zero-order valence-electron chi connectivity index (χ0n) is 16.4. The number of nitrogens with zero attached hydrogens (tertiary/aromatic N) is 2. The third-order valence-electron chi connectivity index (χ3n) is 4.67. The van der Waals surface area contributed by atoms with Crippen LogP contribution in [0.4, 0.5) is 24.0 Å². The molecule has 4 rings (SSSR count). The second kappa shape index (κ2) is 9.21. The first kappa shape index (κ1) is 21.5. The Morgan fingerprint density at radius 3 is 2.61 bits per heavy atom. The van der Waals surface area contributed by atoms with Crippen molar-refractivity contribution >= 4 is 38.3 Å². The molecule has 1 aliphatic rings. The number of fused-ring (bicyclic) bond motifs is 1. The van der Waals surface area contributed by atoms with E-state index in [0.29, 0.717) is 30.0 Å². The molecule has 0 unspecified atom stereocenters. The van der Waals surface area contributed by atoms with Gasteiger partial charge in [0.25, 0.3) is 5.91 Å². The average Bonchev–Trinajstić information content (AvgIpc) is 3.17. The number of nitrogens with one attached hydrogen (secondary N) is 1. The number of ether oxygens (including phenoxy) is 2. The summed E-state index contributed by atoms with van der Waals surface area (Å²) < 4.78 is 47.4. The van der Waals surface area contributed by atoms with Gasteiger partial charge in [-0.25, -0.2) is 4.98 Å². The summed E-state index contributed by atoms with van der Waals surface area (Å²) in [6, 6.07) is 11.8. The Morgan fingerprint density at radius 2 is 1.90 bits per heavy atom. The van der Waals surface area contributed by atoms with Crippen molar-refractivity contribution in [2.75, 3.05) is 43.1 Å². The lowest BCUT2D eigenvalue weighted by Crippen LogP contribution is -2.36. The van der Waals surface area contributed by atoms with Gasteiger partial charge in [-0.15, -0.1) is 0 Å². The molecule has 1 N–H and O–H groups in total. The molecule has 2 aromatic carbocycles. The zero-order chi connectivity index (χ0) is 21.8. The van der Waals surface area contributed by atoms with Crippen LogP contribution in [-0.4, -0.2) is 50.0 Å². The summed E-state index contributed by atoms with van der Waals surface area (Å²) in [5, 5.41) is 3.78. The minimum Gasteiger partial charge on any atom is -0.378 e. The molecule has 2 heterocycles. The second-order valence-corrected chi connectivity index (χ2v) is 8.05. The van der Waals surface area contributed by atoms with Crippen molar-refractivity contribution in [3.8, 4) is 0 Å². The van der Waals surface area contributed by atoms with Gasteiger partial charge in [-0.3, -0.25) is 4.79 Å². The summed E-state index contributed by atoms with van der Waals surface area (Å²) in [5.41, 5.74) is 2.47. The number of alkyl halides is 3. The van der Waals surface area contributed by atoms with Crippen LogP contribution in [0.5, 0.6) is 0 Å². The highest BCUT2D eigenvalue weighted by molar-refractivity contribution is 7.22. The molecule has 0 aliphatic carbocycles. The van der Waals surface area contributed by atoms with Crippen LogP contribution in [-0.2, 0) is 16.1 Å². The van der Waals surface area contributed by atoms with E-state index in [1.165, 1.54) is 0 Å². The highest BCUT2D eigenvalue weighted by Gasteiger charge is 2.27. The van der Waals surface area contributed by atoms with Crippen molar-refractivity contribution < 1.29 is 27.4 Å². The molecule has 1 saturated heterocycles. The summed E-state index contributed by atoms with van der Waals surface area (Å²) in [4.78, 5) is 19.4. The van der Waals surface area contributed by atoms with Crippen LogP contribution >= 0.6 is 11.3 Å². The Kier molecular flexibility index (Phi) is 6.40. The van der Waals surface area contributed by atoms with Gasteiger partial charge >= 0.3 is 6.18 Å². The highest BCUT2D eigenvalue weighted by Crippen LogP contribution is 2.31. The van der Waals surface area contributed by atoms with Gasteiger partial charge in [0, 0.05) is 24.3 Å². The smallest absolute Gasteiger partial charge is 0.378 e. The predicted molar refractivity (Wildman–Crippen MR) is 113 cm³/mol. The molecule has 0 spiro atoms. The molecule has 1 aliphatic heterocycles. The first-order chi connectivity index (χ1) is 14.9. The van der Waals surface area contributed by atoms with Crippen molar-refractivity contribution in [2.45, 2.75) is 12.8 Å². The summed E-state index contributed by atoms with van der Waals surface area (Å²) in [7, 11) is 0. The first-order valence-corrected chi connectivity index (χ1v) is 10.5. The van der Waals surface area contributed by atoms with Crippen LogP contribution in [0.15, 0.2) is 42.5 Å². The Hall–Kier alpha value is -2.69. The molecule has 164 valence electrons. The standard InChI is InChI=1S/C21H20F3N3O3S/c22-21(23,24)13-30-12-14-1-3-15(4-2-14)19(28)25-16-5-6-17-18(11-16)31-20(26-17)27-7-9-29-10-8-27/h1-6,11H,7-10,12-13H2,(H,25,28). The Morgan fingerprint density at radius 1 is 1.16 bits per heavy atom. The van der Waals surface area contributed by atoms with Crippen molar-refractivity contribution in [1.82, 2.24) is 4.98 Å². The number of hydrogen-bond acceptors (Lipinski definition) is 6. The lowest BCUT2D eigenvalue weighted by Gasteiger charge is -2.25. The SMILES string of the molecule is O=C(Nc1ccc2nc(N3CCOCC3)sc2c1)c1ccc(COCC(F)(F)F)cc1. The Bertz CT molecular complexity index is 1050. The number of anilines is 2. The van der Waals surface area contributed by atoms with Crippen molar-refractivity contribution in [2.24, 2.45) is 0 Å². The summed E-state index contributed by atoms with van der Waals surface area (Å²) >= 11 is 1.57. The number of rotatable bonds is 6. The van der Waals surface area contributed by atoms with Gasteiger partial charge in [0.05, 0.1) is 30.0 Å². The maximum atomic E-state index is 12.5. The highest BCUT2D eigenvalue weighted by atomic mass is 32.1. The van der Waals surface area contributed by atoms with Crippen LogP contribution in [0.2, 0.25) is 0 Å².